The summed E-state index contributed by atoms with van der Waals surface area (Å²) in [6, 6.07) is 14.4. The van der Waals surface area contributed by atoms with Gasteiger partial charge in [0.1, 0.15) is 5.82 Å². The van der Waals surface area contributed by atoms with Gasteiger partial charge in [-0.15, -0.1) is 0 Å². The normalized spacial score (nSPS) is 21.3. The van der Waals surface area contributed by atoms with Gasteiger partial charge in [-0.1, -0.05) is 12.1 Å². The zero-order valence-corrected chi connectivity index (χ0v) is 21.1. The average molecular weight is 487 g/mol. The molecule has 0 saturated carbocycles. The Morgan fingerprint density at radius 3 is 2.39 bits per heavy atom. The van der Waals surface area contributed by atoms with E-state index in [0.717, 1.165) is 75.0 Å². The molecule has 5 aliphatic rings. The number of piperazine rings is 1. The van der Waals surface area contributed by atoms with Crippen LogP contribution < -0.4 is 10.2 Å². The van der Waals surface area contributed by atoms with Gasteiger partial charge in [-0.25, -0.2) is 15.0 Å². The maximum absolute atomic E-state index is 12.8. The minimum absolute atomic E-state index is 0.189. The Hall–Kier alpha value is -3.56. The molecule has 3 aromatic rings. The summed E-state index contributed by atoms with van der Waals surface area (Å²) in [4.78, 5) is 35.3. The maximum atomic E-state index is 12.8. The van der Waals surface area contributed by atoms with E-state index >= 15 is 0 Å². The van der Waals surface area contributed by atoms with Gasteiger partial charge in [-0.2, -0.15) is 0 Å². The second kappa shape index (κ2) is 11.0. The summed E-state index contributed by atoms with van der Waals surface area (Å²) in [7, 11) is 3.94. The van der Waals surface area contributed by atoms with Crippen LogP contribution in [0, 0.1) is 0 Å². The van der Waals surface area contributed by atoms with Crippen LogP contribution in [0.2, 0.25) is 0 Å². The van der Waals surface area contributed by atoms with Gasteiger partial charge in [0.25, 0.3) is 0 Å². The molecule has 0 radical (unpaired) electrons. The van der Waals surface area contributed by atoms with Crippen molar-refractivity contribution < 1.29 is 4.79 Å². The molecule has 8 bridgehead atoms. The number of aromatic nitrogens is 3. The predicted octanol–water partition coefficient (Wildman–Crippen LogP) is 2.70. The lowest BCUT2D eigenvalue weighted by molar-refractivity contribution is -0.131. The summed E-state index contributed by atoms with van der Waals surface area (Å²) >= 11 is 0. The Morgan fingerprint density at radius 2 is 1.61 bits per heavy atom. The first-order chi connectivity index (χ1) is 17.5. The number of pyridine rings is 1. The number of hydrogen-bond acceptors (Lipinski definition) is 8. The maximum Gasteiger partial charge on any atom is 0.236 e. The lowest BCUT2D eigenvalue weighted by atomic mass is 10.1. The van der Waals surface area contributed by atoms with Crippen LogP contribution >= 0.6 is 0 Å². The fraction of sp³-hybridized carbons (Fsp3) is 0.407. The van der Waals surface area contributed by atoms with Crippen LogP contribution in [-0.2, 0) is 11.3 Å². The third-order valence-corrected chi connectivity index (χ3v) is 6.92. The van der Waals surface area contributed by atoms with Gasteiger partial charge in [0.2, 0.25) is 11.9 Å². The zero-order valence-electron chi connectivity index (χ0n) is 21.1. The van der Waals surface area contributed by atoms with Gasteiger partial charge in [0.15, 0.2) is 0 Å². The molecule has 5 aliphatic heterocycles. The van der Waals surface area contributed by atoms with Crippen molar-refractivity contribution in [2.24, 2.45) is 0 Å². The van der Waals surface area contributed by atoms with Crippen molar-refractivity contribution >= 4 is 23.4 Å². The third-order valence-electron chi connectivity index (χ3n) is 6.92. The summed E-state index contributed by atoms with van der Waals surface area (Å²) in [6.07, 6.45) is 4.51. The van der Waals surface area contributed by atoms with Gasteiger partial charge in [0.05, 0.1) is 12.2 Å². The van der Waals surface area contributed by atoms with Gasteiger partial charge in [-0.3, -0.25) is 14.6 Å². The number of hydrogen-bond donors (Lipinski definition) is 1. The summed E-state index contributed by atoms with van der Waals surface area (Å²) in [5, 5.41) is 3.36. The SMILES string of the molecule is CN1CCCN(C)c2ccc(cn2)-c2ccnc(n2)Nc2cccc(c2)CN2CCN(CC2)CC1=O. The first-order valence-corrected chi connectivity index (χ1v) is 12.6. The molecule has 9 nitrogen and oxygen atoms in total. The molecule has 188 valence electrons. The van der Waals surface area contributed by atoms with Crippen molar-refractivity contribution in [3.05, 3.63) is 60.4 Å². The molecule has 36 heavy (non-hydrogen) atoms. The van der Waals surface area contributed by atoms with Gasteiger partial charge < -0.3 is 15.1 Å². The van der Waals surface area contributed by atoms with Crippen LogP contribution in [0.25, 0.3) is 11.3 Å². The zero-order chi connectivity index (χ0) is 24.9. The van der Waals surface area contributed by atoms with E-state index in [0.29, 0.717) is 12.5 Å². The summed E-state index contributed by atoms with van der Waals surface area (Å²) in [6.45, 7) is 6.64. The monoisotopic (exact) mass is 486 g/mol. The Bertz CT molecular complexity index is 1180. The average Bonchev–Trinajstić information content (AvgIpc) is 2.89. The minimum atomic E-state index is 0.189. The van der Waals surface area contributed by atoms with Crippen LogP contribution in [0.3, 0.4) is 0 Å². The highest BCUT2D eigenvalue weighted by Gasteiger charge is 2.21. The Balaban J connectivity index is 1.38. The molecule has 0 atom stereocenters. The number of anilines is 3. The van der Waals surface area contributed by atoms with Crippen molar-refractivity contribution in [3.8, 4) is 11.3 Å². The standard InChI is InChI=1S/C27H34N8O/c1-32-11-4-12-33(2)26(36)20-35-15-13-34(14-16-35)19-21-5-3-6-23(17-21)30-27-28-10-9-24(31-27)22-7-8-25(32)29-18-22/h3,5-10,17-18H,4,11-16,19-20H2,1-2H3,(H,28,30,31). The highest BCUT2D eigenvalue weighted by Crippen LogP contribution is 2.22. The molecular weight excluding hydrogens is 452 g/mol. The molecule has 7 heterocycles. The van der Waals surface area contributed by atoms with E-state index in [1.807, 2.05) is 49.5 Å². The number of carbonyl (C=O) groups is 1. The molecule has 9 heteroatoms. The highest BCUT2D eigenvalue weighted by molar-refractivity contribution is 5.78. The summed E-state index contributed by atoms with van der Waals surface area (Å²) in [5.74, 6) is 1.65. The van der Waals surface area contributed by atoms with E-state index in [2.05, 4.69) is 48.2 Å². The van der Waals surface area contributed by atoms with Gasteiger partial charge >= 0.3 is 0 Å². The van der Waals surface area contributed by atoms with E-state index < -0.39 is 0 Å². The van der Waals surface area contributed by atoms with E-state index in [1.165, 1.54) is 5.56 Å². The molecule has 0 unspecified atom stereocenters. The fourth-order valence-electron chi connectivity index (χ4n) is 4.68. The van der Waals surface area contributed by atoms with Crippen molar-refractivity contribution in [2.75, 3.05) is 70.1 Å². The lowest BCUT2D eigenvalue weighted by Crippen LogP contribution is -2.49. The molecule has 0 spiro atoms. The molecule has 1 N–H and O–H groups in total. The van der Waals surface area contributed by atoms with E-state index in [9.17, 15) is 4.79 Å². The first-order valence-electron chi connectivity index (χ1n) is 12.6. The second-order valence-corrected chi connectivity index (χ2v) is 9.64. The van der Waals surface area contributed by atoms with E-state index in [-0.39, 0.29) is 5.91 Å². The third kappa shape index (κ3) is 5.98. The molecule has 1 amide bonds. The van der Waals surface area contributed by atoms with Gasteiger partial charge in [0, 0.05) is 83.6 Å². The predicted molar refractivity (Wildman–Crippen MR) is 142 cm³/mol. The number of nitrogens with zero attached hydrogens (tertiary/aromatic N) is 7. The number of likely N-dealkylation sites (N-methyl/N-ethyl adjacent to an activating group) is 1. The van der Waals surface area contributed by atoms with Crippen LogP contribution in [-0.4, -0.2) is 95.5 Å². The molecular formula is C27H34N8O. The molecule has 1 saturated heterocycles. The summed E-state index contributed by atoms with van der Waals surface area (Å²) in [5.41, 5.74) is 3.96. The molecule has 1 aromatic carbocycles. The molecule has 0 aliphatic carbocycles. The summed E-state index contributed by atoms with van der Waals surface area (Å²) < 4.78 is 0. The highest BCUT2D eigenvalue weighted by atomic mass is 16.2. The van der Waals surface area contributed by atoms with Crippen molar-refractivity contribution in [1.29, 1.82) is 0 Å². The topological polar surface area (TPSA) is 80.7 Å². The van der Waals surface area contributed by atoms with Crippen LogP contribution in [0.15, 0.2) is 54.9 Å². The number of amides is 1. The Kier molecular flexibility index (Phi) is 7.39. The second-order valence-electron chi connectivity index (χ2n) is 9.64. The fourth-order valence-corrected chi connectivity index (χ4v) is 4.68. The van der Waals surface area contributed by atoms with Gasteiger partial charge in [-0.05, 0) is 42.3 Å². The quantitative estimate of drug-likeness (QED) is 0.520. The van der Waals surface area contributed by atoms with Crippen LogP contribution in [0.4, 0.5) is 17.5 Å². The number of nitrogens with one attached hydrogen (secondary N) is 1. The van der Waals surface area contributed by atoms with Crippen LogP contribution in [0.5, 0.6) is 0 Å². The molecule has 8 rings (SSSR count). The van der Waals surface area contributed by atoms with Crippen LogP contribution in [0.1, 0.15) is 12.0 Å². The molecule has 1 fully saturated rings. The largest absolute Gasteiger partial charge is 0.360 e. The minimum Gasteiger partial charge on any atom is -0.360 e. The molecule has 2 aromatic heterocycles. The number of rotatable bonds is 0. The van der Waals surface area contributed by atoms with E-state index in [4.69, 9.17) is 4.98 Å². The van der Waals surface area contributed by atoms with Crippen molar-refractivity contribution in [1.82, 2.24) is 29.7 Å². The Morgan fingerprint density at radius 1 is 0.833 bits per heavy atom. The first kappa shape index (κ1) is 24.1. The van der Waals surface area contributed by atoms with E-state index in [1.54, 1.807) is 6.20 Å². The number of carbonyl (C=O) groups excluding carboxylic acids is 1. The Labute approximate surface area is 212 Å². The smallest absolute Gasteiger partial charge is 0.236 e. The number of benzene rings is 1. The lowest BCUT2D eigenvalue weighted by Gasteiger charge is -2.35. The van der Waals surface area contributed by atoms with Crippen molar-refractivity contribution in [2.45, 2.75) is 13.0 Å². The van der Waals surface area contributed by atoms with Crippen molar-refractivity contribution in [3.63, 3.8) is 0 Å².